The van der Waals surface area contributed by atoms with E-state index in [1.807, 2.05) is 17.3 Å². The number of likely N-dealkylation sites (tertiary alicyclic amines) is 2. The first kappa shape index (κ1) is 19.1. The lowest BCUT2D eigenvalue weighted by Gasteiger charge is -2.32. The molecule has 1 N–H and O–H groups in total. The van der Waals surface area contributed by atoms with Crippen molar-refractivity contribution >= 4 is 6.03 Å². The Morgan fingerprint density at radius 3 is 2.73 bits per heavy atom. The predicted molar refractivity (Wildman–Crippen MR) is 102 cm³/mol. The highest BCUT2D eigenvalue weighted by Gasteiger charge is 2.26. The molecule has 2 saturated heterocycles. The summed E-state index contributed by atoms with van der Waals surface area (Å²) in [5.41, 5.74) is 1.35. The van der Waals surface area contributed by atoms with E-state index >= 15 is 0 Å². The van der Waals surface area contributed by atoms with Crippen molar-refractivity contribution in [3.8, 4) is 0 Å². The molecule has 2 fully saturated rings. The number of amides is 2. The van der Waals surface area contributed by atoms with Crippen LogP contribution in [0.1, 0.15) is 37.2 Å². The van der Waals surface area contributed by atoms with Gasteiger partial charge in [0.25, 0.3) is 0 Å². The van der Waals surface area contributed by atoms with Gasteiger partial charge in [0, 0.05) is 58.8 Å². The molecule has 3 rings (SSSR count). The Morgan fingerprint density at radius 1 is 1.23 bits per heavy atom. The van der Waals surface area contributed by atoms with Crippen LogP contribution < -0.4 is 5.32 Å². The maximum absolute atomic E-state index is 12.5. The average Bonchev–Trinajstić information content (AvgIpc) is 3.15. The Kier molecular flexibility index (Phi) is 7.26. The number of urea groups is 1. The van der Waals surface area contributed by atoms with E-state index in [-0.39, 0.29) is 6.03 Å². The number of methoxy groups -OCH3 is 1. The first-order valence-electron chi connectivity index (χ1n) is 9.90. The zero-order valence-electron chi connectivity index (χ0n) is 15.9. The summed E-state index contributed by atoms with van der Waals surface area (Å²) in [6, 6.07) is 4.30. The topological polar surface area (TPSA) is 57.7 Å². The molecule has 1 aromatic heterocycles. The first-order chi connectivity index (χ1) is 12.8. The van der Waals surface area contributed by atoms with Crippen LogP contribution in [-0.2, 0) is 4.74 Å². The second-order valence-electron chi connectivity index (χ2n) is 7.53. The maximum Gasteiger partial charge on any atom is 0.317 e. The van der Waals surface area contributed by atoms with Crippen molar-refractivity contribution in [3.63, 3.8) is 0 Å². The molecule has 144 valence electrons. The van der Waals surface area contributed by atoms with Crippen molar-refractivity contribution < 1.29 is 9.53 Å². The van der Waals surface area contributed by atoms with Gasteiger partial charge in [-0.15, -0.1) is 0 Å². The van der Waals surface area contributed by atoms with Crippen LogP contribution in [0.2, 0.25) is 0 Å². The Hall–Kier alpha value is -1.66. The molecule has 1 atom stereocenters. The summed E-state index contributed by atoms with van der Waals surface area (Å²) < 4.78 is 5.12. The zero-order valence-corrected chi connectivity index (χ0v) is 15.9. The van der Waals surface area contributed by atoms with Crippen LogP contribution >= 0.6 is 0 Å². The van der Waals surface area contributed by atoms with Gasteiger partial charge in [-0.05, 0) is 61.8 Å². The minimum Gasteiger partial charge on any atom is -0.385 e. The van der Waals surface area contributed by atoms with Crippen molar-refractivity contribution in [2.45, 2.75) is 31.6 Å². The number of carbonyl (C=O) groups is 1. The van der Waals surface area contributed by atoms with Crippen LogP contribution in [-0.4, -0.2) is 73.8 Å². The summed E-state index contributed by atoms with van der Waals surface area (Å²) >= 11 is 0. The second-order valence-corrected chi connectivity index (χ2v) is 7.53. The van der Waals surface area contributed by atoms with Gasteiger partial charge in [-0.1, -0.05) is 0 Å². The minimum absolute atomic E-state index is 0.107. The van der Waals surface area contributed by atoms with Gasteiger partial charge in [0.1, 0.15) is 0 Å². The molecule has 2 aliphatic heterocycles. The monoisotopic (exact) mass is 360 g/mol. The number of nitrogens with zero attached hydrogens (tertiary/aromatic N) is 3. The number of nitrogens with one attached hydrogen (secondary N) is 1. The highest BCUT2D eigenvalue weighted by Crippen LogP contribution is 2.27. The molecule has 0 radical (unpaired) electrons. The molecule has 2 aliphatic rings. The maximum atomic E-state index is 12.5. The first-order valence-corrected chi connectivity index (χ1v) is 9.90. The number of piperidine rings is 1. The number of hydrogen-bond acceptors (Lipinski definition) is 4. The lowest BCUT2D eigenvalue weighted by Crippen LogP contribution is -2.45. The van der Waals surface area contributed by atoms with E-state index in [9.17, 15) is 4.79 Å². The SMILES string of the molecule is COCCCN1CCC(CNC(=O)N2CCC(c3ccncc3)CC2)C1. The van der Waals surface area contributed by atoms with Crippen LogP contribution in [0.3, 0.4) is 0 Å². The molecule has 0 bridgehead atoms. The molecule has 0 saturated carbocycles. The molecular formula is C20H32N4O2. The fraction of sp³-hybridized carbons (Fsp3) is 0.700. The third-order valence-corrected chi connectivity index (χ3v) is 5.69. The van der Waals surface area contributed by atoms with Crippen LogP contribution in [0.15, 0.2) is 24.5 Å². The largest absolute Gasteiger partial charge is 0.385 e. The fourth-order valence-electron chi connectivity index (χ4n) is 4.11. The van der Waals surface area contributed by atoms with Crippen LogP contribution in [0.5, 0.6) is 0 Å². The van der Waals surface area contributed by atoms with Gasteiger partial charge < -0.3 is 19.9 Å². The Labute approximate surface area is 156 Å². The smallest absolute Gasteiger partial charge is 0.317 e. The average molecular weight is 361 g/mol. The quantitative estimate of drug-likeness (QED) is 0.758. The van der Waals surface area contributed by atoms with Gasteiger partial charge in [0.05, 0.1) is 0 Å². The van der Waals surface area contributed by atoms with E-state index in [0.29, 0.717) is 11.8 Å². The van der Waals surface area contributed by atoms with Gasteiger partial charge in [-0.3, -0.25) is 4.98 Å². The lowest BCUT2D eigenvalue weighted by molar-refractivity contribution is 0.176. The molecule has 3 heterocycles. The number of pyridine rings is 1. The van der Waals surface area contributed by atoms with Crippen molar-refractivity contribution in [2.75, 3.05) is 53.0 Å². The Morgan fingerprint density at radius 2 is 2.00 bits per heavy atom. The number of aromatic nitrogens is 1. The summed E-state index contributed by atoms with van der Waals surface area (Å²) in [5.74, 6) is 1.13. The molecule has 1 unspecified atom stereocenters. The standard InChI is InChI=1S/C20H32N4O2/c1-26-14-2-10-23-11-5-17(16-23)15-22-20(25)24-12-6-19(7-13-24)18-3-8-21-9-4-18/h3-4,8-9,17,19H,2,5-7,10-16H2,1H3,(H,22,25). The summed E-state index contributed by atoms with van der Waals surface area (Å²) in [5, 5.41) is 3.16. The fourth-order valence-corrected chi connectivity index (χ4v) is 4.11. The molecule has 6 nitrogen and oxygen atoms in total. The van der Waals surface area contributed by atoms with Gasteiger partial charge in [0.15, 0.2) is 0 Å². The number of rotatable bonds is 7. The van der Waals surface area contributed by atoms with E-state index in [1.54, 1.807) is 7.11 Å². The highest BCUT2D eigenvalue weighted by molar-refractivity contribution is 5.74. The molecular weight excluding hydrogens is 328 g/mol. The van der Waals surface area contributed by atoms with Gasteiger partial charge in [-0.25, -0.2) is 4.79 Å². The minimum atomic E-state index is 0.107. The van der Waals surface area contributed by atoms with E-state index in [2.05, 4.69) is 27.3 Å². The third kappa shape index (κ3) is 5.42. The van der Waals surface area contributed by atoms with Crippen molar-refractivity contribution in [1.82, 2.24) is 20.1 Å². The third-order valence-electron chi connectivity index (χ3n) is 5.69. The summed E-state index contributed by atoms with van der Waals surface area (Å²) in [6.45, 7) is 6.63. The highest BCUT2D eigenvalue weighted by atomic mass is 16.5. The van der Waals surface area contributed by atoms with Crippen molar-refractivity contribution in [1.29, 1.82) is 0 Å². The summed E-state index contributed by atoms with van der Waals surface area (Å²) in [6.07, 6.45) is 8.05. The van der Waals surface area contributed by atoms with Crippen LogP contribution in [0.25, 0.3) is 0 Å². The molecule has 6 heteroatoms. The zero-order chi connectivity index (χ0) is 18.2. The summed E-state index contributed by atoms with van der Waals surface area (Å²) in [7, 11) is 1.75. The van der Waals surface area contributed by atoms with Gasteiger partial charge in [-0.2, -0.15) is 0 Å². The van der Waals surface area contributed by atoms with E-state index < -0.39 is 0 Å². The van der Waals surface area contributed by atoms with E-state index in [0.717, 1.165) is 65.1 Å². The lowest BCUT2D eigenvalue weighted by atomic mass is 9.90. The number of hydrogen-bond donors (Lipinski definition) is 1. The predicted octanol–water partition coefficient (Wildman–Crippen LogP) is 2.33. The Bertz CT molecular complexity index is 546. The molecule has 0 spiro atoms. The Balaban J connectivity index is 1.33. The van der Waals surface area contributed by atoms with Gasteiger partial charge in [0.2, 0.25) is 0 Å². The van der Waals surface area contributed by atoms with E-state index in [1.165, 1.54) is 12.0 Å². The molecule has 26 heavy (non-hydrogen) atoms. The van der Waals surface area contributed by atoms with Crippen molar-refractivity contribution in [2.24, 2.45) is 5.92 Å². The number of carbonyl (C=O) groups excluding carboxylic acids is 1. The second kappa shape index (κ2) is 9.88. The summed E-state index contributed by atoms with van der Waals surface area (Å²) in [4.78, 5) is 21.0. The van der Waals surface area contributed by atoms with E-state index in [4.69, 9.17) is 4.74 Å². The molecule has 0 aromatic carbocycles. The van der Waals surface area contributed by atoms with Crippen molar-refractivity contribution in [3.05, 3.63) is 30.1 Å². The normalized spacial score (nSPS) is 21.9. The van der Waals surface area contributed by atoms with Crippen LogP contribution in [0.4, 0.5) is 4.79 Å². The number of ether oxygens (including phenoxy) is 1. The molecule has 0 aliphatic carbocycles. The molecule has 2 amide bonds. The van der Waals surface area contributed by atoms with Gasteiger partial charge >= 0.3 is 6.03 Å². The molecule has 1 aromatic rings. The van der Waals surface area contributed by atoms with Crippen LogP contribution in [0, 0.1) is 5.92 Å².